The number of aromatic nitrogens is 2. The van der Waals surface area contributed by atoms with Crippen molar-refractivity contribution < 1.29 is 19.7 Å². The Hall–Kier alpha value is -2.21. The monoisotopic (exact) mass is 330 g/mol. The number of aliphatic hydroxyl groups is 1. The van der Waals surface area contributed by atoms with E-state index in [1.807, 2.05) is 6.07 Å². The van der Waals surface area contributed by atoms with Crippen molar-refractivity contribution >= 4 is 17.0 Å². The lowest BCUT2D eigenvalue weighted by molar-refractivity contribution is -0.143. The summed E-state index contributed by atoms with van der Waals surface area (Å²) < 4.78 is 5.17. The van der Waals surface area contributed by atoms with Gasteiger partial charge in [0.15, 0.2) is 0 Å². The summed E-state index contributed by atoms with van der Waals surface area (Å²) in [6.45, 7) is 0. The molecule has 2 aromatic rings. The predicted octanol–water partition coefficient (Wildman–Crippen LogP) is 2.95. The van der Waals surface area contributed by atoms with Gasteiger partial charge < -0.3 is 14.9 Å². The van der Waals surface area contributed by atoms with E-state index in [-0.39, 0.29) is 5.92 Å². The van der Waals surface area contributed by atoms with Crippen molar-refractivity contribution in [1.82, 2.24) is 9.97 Å². The molecule has 0 spiro atoms. The van der Waals surface area contributed by atoms with E-state index >= 15 is 0 Å². The minimum Gasteiger partial charge on any atom is -0.481 e. The number of fused-ring (bicyclic) bond motifs is 1. The SMILES string of the molecule is COc1ccc2nccc(C(O)CC3CCC(C(=O)O)CC3)c2n1. The molecule has 3 rings (SSSR count). The van der Waals surface area contributed by atoms with Crippen molar-refractivity contribution in [2.24, 2.45) is 11.8 Å². The first-order valence-electron chi connectivity index (χ1n) is 8.29. The second kappa shape index (κ2) is 7.13. The summed E-state index contributed by atoms with van der Waals surface area (Å²) in [5, 5.41) is 19.8. The quantitative estimate of drug-likeness (QED) is 0.875. The molecule has 1 saturated carbocycles. The molecule has 2 heterocycles. The van der Waals surface area contributed by atoms with Gasteiger partial charge in [-0.3, -0.25) is 9.78 Å². The van der Waals surface area contributed by atoms with E-state index < -0.39 is 12.1 Å². The molecule has 0 aromatic carbocycles. The number of aliphatic hydroxyl groups excluding tert-OH is 1. The molecule has 2 aromatic heterocycles. The van der Waals surface area contributed by atoms with Gasteiger partial charge in [-0.15, -0.1) is 0 Å². The number of carboxylic acids is 1. The summed E-state index contributed by atoms with van der Waals surface area (Å²) in [5.74, 6) is -0.105. The van der Waals surface area contributed by atoms with Gasteiger partial charge in [0.2, 0.25) is 5.88 Å². The molecule has 1 unspecified atom stereocenters. The average Bonchev–Trinajstić information content (AvgIpc) is 2.61. The van der Waals surface area contributed by atoms with Crippen LogP contribution >= 0.6 is 0 Å². The number of nitrogens with zero attached hydrogens (tertiary/aromatic N) is 2. The zero-order valence-corrected chi connectivity index (χ0v) is 13.7. The number of rotatable bonds is 5. The van der Waals surface area contributed by atoms with E-state index in [4.69, 9.17) is 9.84 Å². The second-order valence-corrected chi connectivity index (χ2v) is 6.43. The largest absolute Gasteiger partial charge is 0.481 e. The third-order valence-corrected chi connectivity index (χ3v) is 4.91. The molecule has 0 amide bonds. The van der Waals surface area contributed by atoms with Crippen LogP contribution in [0, 0.1) is 11.8 Å². The van der Waals surface area contributed by atoms with Crippen LogP contribution in [0.5, 0.6) is 5.88 Å². The fourth-order valence-corrected chi connectivity index (χ4v) is 3.50. The van der Waals surface area contributed by atoms with Crippen molar-refractivity contribution in [3.05, 3.63) is 30.0 Å². The summed E-state index contributed by atoms with van der Waals surface area (Å²) >= 11 is 0. The predicted molar refractivity (Wildman–Crippen MR) is 88.8 cm³/mol. The summed E-state index contributed by atoms with van der Waals surface area (Å²) in [5.41, 5.74) is 2.13. The van der Waals surface area contributed by atoms with E-state index in [2.05, 4.69) is 9.97 Å². The van der Waals surface area contributed by atoms with Gasteiger partial charge in [0.1, 0.15) is 0 Å². The first kappa shape index (κ1) is 16.6. The Morgan fingerprint density at radius 2 is 2.04 bits per heavy atom. The van der Waals surface area contributed by atoms with Crippen molar-refractivity contribution in [3.63, 3.8) is 0 Å². The third-order valence-electron chi connectivity index (χ3n) is 4.91. The van der Waals surface area contributed by atoms with Crippen LogP contribution in [0.4, 0.5) is 0 Å². The van der Waals surface area contributed by atoms with Crippen LogP contribution in [0.3, 0.4) is 0 Å². The van der Waals surface area contributed by atoms with Crippen LogP contribution in [0.15, 0.2) is 24.4 Å². The molecule has 128 valence electrons. The Morgan fingerprint density at radius 3 is 2.71 bits per heavy atom. The van der Waals surface area contributed by atoms with E-state index in [1.165, 1.54) is 0 Å². The summed E-state index contributed by atoms with van der Waals surface area (Å²) in [6.07, 6.45) is 4.72. The molecular formula is C18H22N2O4. The molecular weight excluding hydrogens is 308 g/mol. The smallest absolute Gasteiger partial charge is 0.306 e. The molecule has 0 bridgehead atoms. The molecule has 0 saturated heterocycles. The Balaban J connectivity index is 1.74. The minimum absolute atomic E-state index is 0.230. The number of hydrogen-bond acceptors (Lipinski definition) is 5. The van der Waals surface area contributed by atoms with Crippen LogP contribution in [0.2, 0.25) is 0 Å². The first-order valence-corrected chi connectivity index (χ1v) is 8.29. The van der Waals surface area contributed by atoms with Crippen LogP contribution < -0.4 is 4.74 Å². The normalized spacial score (nSPS) is 22.2. The van der Waals surface area contributed by atoms with Gasteiger partial charge in [-0.05, 0) is 50.2 Å². The van der Waals surface area contributed by atoms with Crippen LogP contribution in [-0.4, -0.2) is 33.3 Å². The number of aliphatic carboxylic acids is 1. The van der Waals surface area contributed by atoms with Crippen molar-refractivity contribution in [3.8, 4) is 5.88 Å². The van der Waals surface area contributed by atoms with Crippen molar-refractivity contribution in [2.45, 2.75) is 38.2 Å². The number of carboxylic acid groups (broad SMARTS) is 1. The van der Waals surface area contributed by atoms with E-state index in [1.54, 1.807) is 25.4 Å². The highest BCUT2D eigenvalue weighted by Gasteiger charge is 2.28. The Bertz CT molecular complexity index is 726. The number of hydrogen-bond donors (Lipinski definition) is 2. The number of carbonyl (C=O) groups is 1. The molecule has 2 N–H and O–H groups in total. The molecule has 0 radical (unpaired) electrons. The average molecular weight is 330 g/mol. The fourth-order valence-electron chi connectivity index (χ4n) is 3.50. The molecule has 1 aliphatic carbocycles. The molecule has 1 aliphatic rings. The Labute approximate surface area is 140 Å². The van der Waals surface area contributed by atoms with E-state index in [0.717, 1.165) is 23.9 Å². The lowest BCUT2D eigenvalue weighted by Gasteiger charge is -2.27. The number of pyridine rings is 2. The minimum atomic E-state index is -0.703. The van der Waals surface area contributed by atoms with Gasteiger partial charge in [0.05, 0.1) is 30.2 Å². The fraction of sp³-hybridized carbons (Fsp3) is 0.500. The zero-order chi connectivity index (χ0) is 17.1. The molecule has 6 nitrogen and oxygen atoms in total. The van der Waals surface area contributed by atoms with Gasteiger partial charge in [-0.25, -0.2) is 4.98 Å². The topological polar surface area (TPSA) is 92.5 Å². The lowest BCUT2D eigenvalue weighted by atomic mass is 9.79. The standard InChI is InChI=1S/C18H22N2O4/c1-24-16-7-6-14-17(20-16)13(8-9-19-14)15(21)10-11-2-4-12(5-3-11)18(22)23/h6-9,11-12,15,21H,2-5,10H2,1H3,(H,22,23). The maximum atomic E-state index is 11.0. The highest BCUT2D eigenvalue weighted by atomic mass is 16.5. The van der Waals surface area contributed by atoms with Gasteiger partial charge in [0.25, 0.3) is 0 Å². The molecule has 24 heavy (non-hydrogen) atoms. The van der Waals surface area contributed by atoms with Gasteiger partial charge in [-0.1, -0.05) is 0 Å². The van der Waals surface area contributed by atoms with Crippen LogP contribution in [0.25, 0.3) is 11.0 Å². The summed E-state index contributed by atoms with van der Waals surface area (Å²) in [6, 6.07) is 5.37. The first-order chi connectivity index (χ1) is 11.6. The maximum absolute atomic E-state index is 11.0. The number of methoxy groups -OCH3 is 1. The van der Waals surface area contributed by atoms with Gasteiger partial charge in [-0.2, -0.15) is 0 Å². The summed E-state index contributed by atoms with van der Waals surface area (Å²) in [4.78, 5) is 19.7. The van der Waals surface area contributed by atoms with Gasteiger partial charge >= 0.3 is 5.97 Å². The maximum Gasteiger partial charge on any atom is 0.306 e. The Morgan fingerprint density at radius 1 is 1.29 bits per heavy atom. The highest BCUT2D eigenvalue weighted by molar-refractivity contribution is 5.78. The molecule has 1 atom stereocenters. The van der Waals surface area contributed by atoms with E-state index in [9.17, 15) is 9.90 Å². The third kappa shape index (κ3) is 3.48. The Kier molecular flexibility index (Phi) is 4.94. The molecule has 6 heteroatoms. The number of ether oxygens (including phenoxy) is 1. The van der Waals surface area contributed by atoms with Crippen molar-refractivity contribution in [2.75, 3.05) is 7.11 Å². The van der Waals surface area contributed by atoms with Crippen molar-refractivity contribution in [1.29, 1.82) is 0 Å². The molecule has 0 aliphatic heterocycles. The van der Waals surface area contributed by atoms with E-state index in [0.29, 0.717) is 36.6 Å². The highest BCUT2D eigenvalue weighted by Crippen LogP contribution is 2.36. The van der Waals surface area contributed by atoms with Gasteiger partial charge in [0, 0.05) is 17.8 Å². The zero-order valence-electron chi connectivity index (χ0n) is 13.7. The van der Waals surface area contributed by atoms with Crippen LogP contribution in [0.1, 0.15) is 43.8 Å². The lowest BCUT2D eigenvalue weighted by Crippen LogP contribution is -2.22. The summed E-state index contributed by atoms with van der Waals surface area (Å²) in [7, 11) is 1.56. The second-order valence-electron chi connectivity index (χ2n) is 6.43. The van der Waals surface area contributed by atoms with Crippen LogP contribution in [-0.2, 0) is 4.79 Å². The molecule has 1 fully saturated rings.